The molecule has 3 rings (SSSR count). The van der Waals surface area contributed by atoms with Crippen molar-refractivity contribution in [1.82, 2.24) is 15.5 Å². The van der Waals surface area contributed by atoms with E-state index < -0.39 is 0 Å². The maximum Gasteiger partial charge on any atom is 0.224 e. The van der Waals surface area contributed by atoms with E-state index >= 15 is 0 Å². The van der Waals surface area contributed by atoms with Crippen LogP contribution in [0.5, 0.6) is 0 Å². The molecule has 4 heteroatoms. The van der Waals surface area contributed by atoms with Gasteiger partial charge in [-0.25, -0.2) is 0 Å². The molecule has 0 aliphatic carbocycles. The van der Waals surface area contributed by atoms with E-state index in [4.69, 9.17) is 0 Å². The van der Waals surface area contributed by atoms with Crippen LogP contribution in [0, 0.1) is 11.8 Å². The van der Waals surface area contributed by atoms with Crippen LogP contribution in [0.4, 0.5) is 0 Å². The Labute approximate surface area is 139 Å². The number of likely N-dealkylation sites (tertiary alicyclic amines) is 1. The summed E-state index contributed by atoms with van der Waals surface area (Å²) >= 11 is 0. The van der Waals surface area contributed by atoms with Crippen molar-refractivity contribution in [3.05, 3.63) is 35.9 Å². The highest BCUT2D eigenvalue weighted by Crippen LogP contribution is 2.19. The van der Waals surface area contributed by atoms with Crippen LogP contribution in [0.15, 0.2) is 30.3 Å². The number of carbonyl (C=O) groups is 1. The number of amides is 1. The zero-order valence-electron chi connectivity index (χ0n) is 14.0. The van der Waals surface area contributed by atoms with Gasteiger partial charge >= 0.3 is 0 Å². The third-order valence-corrected chi connectivity index (χ3v) is 5.14. The minimum Gasteiger partial charge on any atom is -0.356 e. The number of hydrogen-bond donors (Lipinski definition) is 2. The molecule has 1 amide bonds. The smallest absolute Gasteiger partial charge is 0.224 e. The second-order valence-electron chi connectivity index (χ2n) is 7.00. The molecule has 0 saturated carbocycles. The number of benzene rings is 1. The summed E-state index contributed by atoms with van der Waals surface area (Å²) in [4.78, 5) is 14.8. The number of nitrogens with one attached hydrogen (secondary N) is 2. The molecule has 2 atom stereocenters. The lowest BCUT2D eigenvalue weighted by Crippen LogP contribution is -2.43. The number of nitrogens with zero attached hydrogens (tertiary/aromatic N) is 1. The highest BCUT2D eigenvalue weighted by Gasteiger charge is 2.25. The maximum atomic E-state index is 12.4. The summed E-state index contributed by atoms with van der Waals surface area (Å²) < 4.78 is 0. The average molecular weight is 315 g/mol. The first-order valence-electron chi connectivity index (χ1n) is 9.06. The summed E-state index contributed by atoms with van der Waals surface area (Å²) in [6.45, 7) is 6.04. The molecule has 2 aliphatic rings. The standard InChI is InChI=1S/C19H29N3O/c23-19(21-11-9-16-8-10-20-13-16)18-7-4-12-22(15-18)14-17-5-2-1-3-6-17/h1-3,5-6,16,18,20H,4,7-15H2,(H,21,23). The van der Waals surface area contributed by atoms with Gasteiger partial charge in [0, 0.05) is 19.6 Å². The van der Waals surface area contributed by atoms with E-state index in [0.717, 1.165) is 64.4 Å². The van der Waals surface area contributed by atoms with Crippen molar-refractivity contribution in [2.75, 3.05) is 32.7 Å². The normalized spacial score (nSPS) is 25.4. The first kappa shape index (κ1) is 16.5. The number of carbonyl (C=O) groups excluding carboxylic acids is 1. The summed E-state index contributed by atoms with van der Waals surface area (Å²) in [5.74, 6) is 1.17. The third kappa shape index (κ3) is 5.05. The van der Waals surface area contributed by atoms with Crippen LogP contribution in [0.25, 0.3) is 0 Å². The van der Waals surface area contributed by atoms with Gasteiger partial charge < -0.3 is 10.6 Å². The molecule has 126 valence electrons. The SMILES string of the molecule is O=C(NCCC1CCNC1)C1CCCN(Cc2ccccc2)C1. The minimum absolute atomic E-state index is 0.161. The highest BCUT2D eigenvalue weighted by molar-refractivity contribution is 5.78. The van der Waals surface area contributed by atoms with Crippen molar-refractivity contribution in [2.24, 2.45) is 11.8 Å². The molecular weight excluding hydrogens is 286 g/mol. The minimum atomic E-state index is 0.161. The number of piperidine rings is 1. The van der Waals surface area contributed by atoms with Crippen LogP contribution < -0.4 is 10.6 Å². The van der Waals surface area contributed by atoms with E-state index in [1.165, 1.54) is 12.0 Å². The average Bonchev–Trinajstić information content (AvgIpc) is 3.09. The van der Waals surface area contributed by atoms with E-state index in [0.29, 0.717) is 0 Å². The quantitative estimate of drug-likeness (QED) is 0.844. The predicted octanol–water partition coefficient (Wildman–Crippen LogP) is 2.01. The topological polar surface area (TPSA) is 44.4 Å². The molecule has 2 N–H and O–H groups in total. The highest BCUT2D eigenvalue weighted by atomic mass is 16.1. The van der Waals surface area contributed by atoms with Crippen molar-refractivity contribution in [3.63, 3.8) is 0 Å². The van der Waals surface area contributed by atoms with Crippen molar-refractivity contribution in [3.8, 4) is 0 Å². The fraction of sp³-hybridized carbons (Fsp3) is 0.632. The molecule has 0 radical (unpaired) electrons. The molecule has 2 unspecified atom stereocenters. The molecule has 0 bridgehead atoms. The van der Waals surface area contributed by atoms with Crippen molar-refractivity contribution >= 4 is 5.91 Å². The van der Waals surface area contributed by atoms with E-state index in [9.17, 15) is 4.79 Å². The molecular formula is C19H29N3O. The number of hydrogen-bond acceptors (Lipinski definition) is 3. The van der Waals surface area contributed by atoms with Crippen LogP contribution >= 0.6 is 0 Å². The Morgan fingerprint density at radius 2 is 2.13 bits per heavy atom. The predicted molar refractivity (Wildman–Crippen MR) is 93.0 cm³/mol. The van der Waals surface area contributed by atoms with Crippen LogP contribution in [-0.4, -0.2) is 43.5 Å². The molecule has 2 saturated heterocycles. The fourth-order valence-electron chi connectivity index (χ4n) is 3.76. The van der Waals surface area contributed by atoms with Crippen molar-refractivity contribution < 1.29 is 4.79 Å². The van der Waals surface area contributed by atoms with E-state index in [1.807, 2.05) is 0 Å². The first-order chi connectivity index (χ1) is 11.3. The van der Waals surface area contributed by atoms with E-state index in [1.54, 1.807) is 0 Å². The van der Waals surface area contributed by atoms with Gasteiger partial charge in [0.2, 0.25) is 5.91 Å². The summed E-state index contributed by atoms with van der Waals surface area (Å²) in [6, 6.07) is 10.6. The molecule has 2 heterocycles. The van der Waals surface area contributed by atoms with Gasteiger partial charge in [0.05, 0.1) is 5.92 Å². The monoisotopic (exact) mass is 315 g/mol. The van der Waals surface area contributed by atoms with Crippen molar-refractivity contribution in [1.29, 1.82) is 0 Å². The Bertz CT molecular complexity index is 485. The zero-order valence-corrected chi connectivity index (χ0v) is 14.0. The molecule has 0 spiro atoms. The Balaban J connectivity index is 1.41. The molecule has 2 fully saturated rings. The van der Waals surface area contributed by atoms with Crippen LogP contribution in [0.2, 0.25) is 0 Å². The van der Waals surface area contributed by atoms with Crippen LogP contribution in [0.3, 0.4) is 0 Å². The summed E-state index contributed by atoms with van der Waals surface area (Å²) in [6.07, 6.45) is 4.52. The van der Waals surface area contributed by atoms with Gasteiger partial charge in [0.25, 0.3) is 0 Å². The maximum absolute atomic E-state index is 12.4. The molecule has 0 aromatic heterocycles. The molecule has 23 heavy (non-hydrogen) atoms. The fourth-order valence-corrected chi connectivity index (χ4v) is 3.76. The van der Waals surface area contributed by atoms with Crippen molar-refractivity contribution in [2.45, 2.75) is 32.2 Å². The van der Waals surface area contributed by atoms with Gasteiger partial charge in [-0.15, -0.1) is 0 Å². The lowest BCUT2D eigenvalue weighted by atomic mass is 9.96. The summed E-state index contributed by atoms with van der Waals surface area (Å²) in [7, 11) is 0. The molecule has 1 aromatic carbocycles. The third-order valence-electron chi connectivity index (χ3n) is 5.14. The second kappa shape index (κ2) is 8.46. The Morgan fingerprint density at radius 1 is 1.26 bits per heavy atom. The molecule has 2 aliphatic heterocycles. The van der Waals surface area contributed by atoms with Gasteiger partial charge in [-0.3, -0.25) is 9.69 Å². The Hall–Kier alpha value is -1.39. The molecule has 1 aromatic rings. The van der Waals surface area contributed by atoms with E-state index in [-0.39, 0.29) is 11.8 Å². The second-order valence-corrected chi connectivity index (χ2v) is 7.00. The summed E-state index contributed by atoms with van der Waals surface area (Å²) in [5.41, 5.74) is 1.34. The van der Waals surface area contributed by atoms with Gasteiger partial charge in [0.15, 0.2) is 0 Å². The Kier molecular flexibility index (Phi) is 6.06. The zero-order chi connectivity index (χ0) is 15.9. The lowest BCUT2D eigenvalue weighted by Gasteiger charge is -2.32. The van der Waals surface area contributed by atoms with Gasteiger partial charge in [-0.1, -0.05) is 30.3 Å². The Morgan fingerprint density at radius 3 is 2.91 bits per heavy atom. The van der Waals surface area contributed by atoms with E-state index in [2.05, 4.69) is 45.9 Å². The van der Waals surface area contributed by atoms with Gasteiger partial charge in [0.1, 0.15) is 0 Å². The lowest BCUT2D eigenvalue weighted by molar-refractivity contribution is -0.126. The summed E-state index contributed by atoms with van der Waals surface area (Å²) in [5, 5.41) is 6.55. The van der Waals surface area contributed by atoms with Crippen LogP contribution in [-0.2, 0) is 11.3 Å². The first-order valence-corrected chi connectivity index (χ1v) is 9.06. The number of rotatable bonds is 6. The van der Waals surface area contributed by atoms with Gasteiger partial charge in [-0.2, -0.15) is 0 Å². The molecule has 4 nitrogen and oxygen atoms in total. The van der Waals surface area contributed by atoms with Crippen LogP contribution in [0.1, 0.15) is 31.2 Å². The van der Waals surface area contributed by atoms with Gasteiger partial charge in [-0.05, 0) is 56.8 Å². The largest absolute Gasteiger partial charge is 0.356 e.